The molecule has 3 heterocycles. The van der Waals surface area contributed by atoms with Crippen molar-refractivity contribution in [2.75, 3.05) is 7.05 Å². The summed E-state index contributed by atoms with van der Waals surface area (Å²) in [5, 5.41) is 7.77. The van der Waals surface area contributed by atoms with Gasteiger partial charge >= 0.3 is 0 Å². The Morgan fingerprint density at radius 1 is 1.45 bits per heavy atom. The molecule has 0 saturated carbocycles. The van der Waals surface area contributed by atoms with Crippen LogP contribution in [0.15, 0.2) is 12.4 Å². The van der Waals surface area contributed by atoms with Crippen LogP contribution in [0.3, 0.4) is 0 Å². The van der Waals surface area contributed by atoms with Crippen molar-refractivity contribution in [1.29, 1.82) is 0 Å². The topological polar surface area (TPSA) is 50.2 Å². The summed E-state index contributed by atoms with van der Waals surface area (Å²) in [6, 6.07) is 1.32. The Balaban J connectivity index is 1.51. The standard InChI is InChI=1S/C15H24N4O/c1-18(9-12-8-16-19(2)10-12)15(20)7-11-5-13-3-4-14(6-11)17-13/h8,10-11,13-14,17H,3-7,9H2,1-2H3. The zero-order valence-corrected chi connectivity index (χ0v) is 12.4. The number of nitrogens with zero attached hydrogens (tertiary/aromatic N) is 3. The number of hydrogen-bond donors (Lipinski definition) is 1. The van der Waals surface area contributed by atoms with E-state index in [9.17, 15) is 4.79 Å². The number of amides is 1. The van der Waals surface area contributed by atoms with E-state index in [0.29, 0.717) is 31.0 Å². The highest BCUT2D eigenvalue weighted by Crippen LogP contribution is 2.32. The second kappa shape index (κ2) is 5.56. The highest BCUT2D eigenvalue weighted by atomic mass is 16.2. The van der Waals surface area contributed by atoms with Crippen molar-refractivity contribution in [3.63, 3.8) is 0 Å². The van der Waals surface area contributed by atoms with Crippen LogP contribution in [0, 0.1) is 5.92 Å². The molecular formula is C15H24N4O. The predicted octanol–water partition coefficient (Wildman–Crippen LogP) is 1.30. The summed E-state index contributed by atoms with van der Waals surface area (Å²) in [6.45, 7) is 0.657. The maximum absolute atomic E-state index is 12.3. The Bertz CT molecular complexity index is 472. The van der Waals surface area contributed by atoms with E-state index in [1.807, 2.05) is 31.4 Å². The lowest BCUT2D eigenvalue weighted by atomic mass is 9.89. The first kappa shape index (κ1) is 13.6. The van der Waals surface area contributed by atoms with Gasteiger partial charge in [-0.05, 0) is 31.6 Å². The number of nitrogens with one attached hydrogen (secondary N) is 1. The van der Waals surface area contributed by atoms with E-state index >= 15 is 0 Å². The quantitative estimate of drug-likeness (QED) is 0.902. The van der Waals surface area contributed by atoms with Crippen LogP contribution in [0.25, 0.3) is 0 Å². The van der Waals surface area contributed by atoms with Crippen LogP contribution in [-0.2, 0) is 18.4 Å². The minimum Gasteiger partial charge on any atom is -0.341 e. The van der Waals surface area contributed by atoms with E-state index in [2.05, 4.69) is 10.4 Å². The fourth-order valence-corrected chi connectivity index (χ4v) is 3.66. The van der Waals surface area contributed by atoms with E-state index in [0.717, 1.165) is 5.56 Å². The maximum atomic E-state index is 12.3. The summed E-state index contributed by atoms with van der Waals surface area (Å²) < 4.78 is 1.78. The smallest absolute Gasteiger partial charge is 0.222 e. The Labute approximate surface area is 120 Å². The molecule has 5 heteroatoms. The third-order valence-corrected chi connectivity index (χ3v) is 4.64. The van der Waals surface area contributed by atoms with Gasteiger partial charge in [-0.15, -0.1) is 0 Å². The third kappa shape index (κ3) is 3.03. The van der Waals surface area contributed by atoms with Gasteiger partial charge in [0, 0.05) is 50.9 Å². The molecule has 0 aromatic carbocycles. The Kier molecular flexibility index (Phi) is 3.78. The molecule has 0 aliphatic carbocycles. The SMILES string of the molecule is CN(Cc1cnn(C)c1)C(=O)CC1CC2CCC(C1)N2. The molecule has 2 atom stereocenters. The fraction of sp³-hybridized carbons (Fsp3) is 0.733. The van der Waals surface area contributed by atoms with Crippen molar-refractivity contribution < 1.29 is 4.79 Å². The molecule has 1 amide bonds. The molecule has 0 radical (unpaired) electrons. The number of carbonyl (C=O) groups is 1. The third-order valence-electron chi connectivity index (χ3n) is 4.64. The van der Waals surface area contributed by atoms with Crippen molar-refractivity contribution in [2.24, 2.45) is 13.0 Å². The van der Waals surface area contributed by atoms with Gasteiger partial charge in [0.1, 0.15) is 0 Å². The lowest BCUT2D eigenvalue weighted by molar-refractivity contribution is -0.131. The van der Waals surface area contributed by atoms with Gasteiger partial charge in [0.25, 0.3) is 0 Å². The summed E-state index contributed by atoms with van der Waals surface area (Å²) in [7, 11) is 3.79. The highest BCUT2D eigenvalue weighted by molar-refractivity contribution is 5.76. The summed E-state index contributed by atoms with van der Waals surface area (Å²) >= 11 is 0. The maximum Gasteiger partial charge on any atom is 0.222 e. The molecule has 1 aromatic rings. The molecule has 2 bridgehead atoms. The molecule has 5 nitrogen and oxygen atoms in total. The largest absolute Gasteiger partial charge is 0.341 e. The minimum atomic E-state index is 0.264. The summed E-state index contributed by atoms with van der Waals surface area (Å²) in [5.74, 6) is 0.831. The molecule has 2 aliphatic rings. The van der Waals surface area contributed by atoms with Crippen molar-refractivity contribution in [3.05, 3.63) is 18.0 Å². The van der Waals surface area contributed by atoms with Crippen LogP contribution in [-0.4, -0.2) is 39.7 Å². The molecule has 2 aliphatic heterocycles. The van der Waals surface area contributed by atoms with E-state index in [4.69, 9.17) is 0 Å². The van der Waals surface area contributed by atoms with Gasteiger partial charge in [0.2, 0.25) is 5.91 Å². The first-order chi connectivity index (χ1) is 9.60. The number of piperidine rings is 1. The zero-order valence-electron chi connectivity index (χ0n) is 12.4. The van der Waals surface area contributed by atoms with E-state index in [-0.39, 0.29) is 5.91 Å². The fourth-order valence-electron chi connectivity index (χ4n) is 3.66. The van der Waals surface area contributed by atoms with Gasteiger partial charge in [-0.25, -0.2) is 0 Å². The van der Waals surface area contributed by atoms with Gasteiger partial charge in [-0.1, -0.05) is 0 Å². The van der Waals surface area contributed by atoms with E-state index in [1.54, 1.807) is 4.68 Å². The van der Waals surface area contributed by atoms with Crippen LogP contribution in [0.1, 0.15) is 37.7 Å². The normalized spacial score (nSPS) is 28.6. The summed E-state index contributed by atoms with van der Waals surface area (Å²) in [4.78, 5) is 14.2. The average molecular weight is 276 g/mol. The number of rotatable bonds is 4. The van der Waals surface area contributed by atoms with Crippen molar-refractivity contribution in [2.45, 2.75) is 50.7 Å². The molecule has 3 rings (SSSR count). The van der Waals surface area contributed by atoms with Crippen LogP contribution < -0.4 is 5.32 Å². The average Bonchev–Trinajstić information content (AvgIpc) is 2.95. The van der Waals surface area contributed by atoms with Gasteiger partial charge in [-0.2, -0.15) is 5.10 Å². The molecule has 0 spiro atoms. The van der Waals surface area contributed by atoms with Crippen LogP contribution in [0.5, 0.6) is 0 Å². The minimum absolute atomic E-state index is 0.264. The van der Waals surface area contributed by atoms with Gasteiger partial charge in [-0.3, -0.25) is 9.48 Å². The monoisotopic (exact) mass is 276 g/mol. The Hall–Kier alpha value is -1.36. The van der Waals surface area contributed by atoms with Crippen molar-refractivity contribution in [3.8, 4) is 0 Å². The molecular weight excluding hydrogens is 252 g/mol. The van der Waals surface area contributed by atoms with Gasteiger partial charge < -0.3 is 10.2 Å². The lowest BCUT2D eigenvalue weighted by Crippen LogP contribution is -2.39. The Morgan fingerprint density at radius 2 is 2.15 bits per heavy atom. The zero-order chi connectivity index (χ0) is 14.1. The summed E-state index contributed by atoms with van der Waals surface area (Å²) in [5.41, 5.74) is 1.09. The number of aryl methyl sites for hydroxylation is 1. The van der Waals surface area contributed by atoms with Crippen LogP contribution in [0.2, 0.25) is 0 Å². The molecule has 20 heavy (non-hydrogen) atoms. The number of carbonyl (C=O) groups excluding carboxylic acids is 1. The first-order valence-electron chi connectivity index (χ1n) is 7.57. The van der Waals surface area contributed by atoms with Crippen LogP contribution >= 0.6 is 0 Å². The Morgan fingerprint density at radius 3 is 2.75 bits per heavy atom. The second-order valence-corrected chi connectivity index (χ2v) is 6.45. The molecule has 2 unspecified atom stereocenters. The lowest BCUT2D eigenvalue weighted by Gasteiger charge is -2.29. The molecule has 2 fully saturated rings. The number of fused-ring (bicyclic) bond motifs is 2. The molecule has 2 saturated heterocycles. The van der Waals surface area contributed by atoms with E-state index < -0.39 is 0 Å². The predicted molar refractivity (Wildman–Crippen MR) is 77.0 cm³/mol. The molecule has 1 aromatic heterocycles. The van der Waals surface area contributed by atoms with Crippen molar-refractivity contribution >= 4 is 5.91 Å². The summed E-state index contributed by atoms with van der Waals surface area (Å²) in [6.07, 6.45) is 9.42. The van der Waals surface area contributed by atoms with Gasteiger partial charge in [0.15, 0.2) is 0 Å². The van der Waals surface area contributed by atoms with Crippen LogP contribution in [0.4, 0.5) is 0 Å². The molecule has 110 valence electrons. The first-order valence-corrected chi connectivity index (χ1v) is 7.57. The molecule has 1 N–H and O–H groups in total. The number of aromatic nitrogens is 2. The van der Waals surface area contributed by atoms with Crippen molar-refractivity contribution in [1.82, 2.24) is 20.0 Å². The van der Waals surface area contributed by atoms with Gasteiger partial charge in [0.05, 0.1) is 6.20 Å². The number of hydrogen-bond acceptors (Lipinski definition) is 3. The second-order valence-electron chi connectivity index (χ2n) is 6.45. The van der Waals surface area contributed by atoms with E-state index in [1.165, 1.54) is 25.7 Å². The highest BCUT2D eigenvalue weighted by Gasteiger charge is 2.34.